The fraction of sp³-hybridized carbons (Fsp3) is 0.500. The van der Waals surface area contributed by atoms with E-state index in [1.54, 1.807) is 0 Å². The Morgan fingerprint density at radius 1 is 1.17 bits per heavy atom. The van der Waals surface area contributed by atoms with Crippen molar-refractivity contribution in [3.8, 4) is 0 Å². The fourth-order valence-electron chi connectivity index (χ4n) is 3.17. The van der Waals surface area contributed by atoms with Crippen LogP contribution in [0.3, 0.4) is 0 Å². The van der Waals surface area contributed by atoms with E-state index >= 15 is 0 Å². The van der Waals surface area contributed by atoms with Crippen LogP contribution in [0.15, 0.2) is 30.3 Å². The summed E-state index contributed by atoms with van der Waals surface area (Å²) in [6, 6.07) is 9.50. The first kappa shape index (κ1) is 18.0. The molecule has 1 heterocycles. The van der Waals surface area contributed by atoms with Gasteiger partial charge in [0.05, 0.1) is 6.42 Å². The maximum atomic E-state index is 12.5. The van der Waals surface area contributed by atoms with Gasteiger partial charge in [-0.15, -0.1) is 0 Å². The topological polar surface area (TPSA) is 77.9 Å². The molecule has 0 aromatic heterocycles. The summed E-state index contributed by atoms with van der Waals surface area (Å²) in [6.07, 6.45) is 2.49. The average Bonchev–Trinajstić information content (AvgIpc) is 2.79. The third kappa shape index (κ3) is 5.08. The molecule has 0 radical (unpaired) electrons. The predicted octanol–water partition coefficient (Wildman–Crippen LogP) is 1.54. The zero-order valence-corrected chi connectivity index (χ0v) is 14.0. The quantitative estimate of drug-likeness (QED) is 0.887. The lowest BCUT2D eigenvalue weighted by molar-refractivity contribution is -0.145. The van der Waals surface area contributed by atoms with Crippen molar-refractivity contribution in [2.75, 3.05) is 19.6 Å². The summed E-state index contributed by atoms with van der Waals surface area (Å²) >= 11 is 0. The zero-order valence-electron chi connectivity index (χ0n) is 14.0. The van der Waals surface area contributed by atoms with Gasteiger partial charge in [-0.05, 0) is 24.8 Å². The number of carbonyl (C=O) groups excluding carboxylic acids is 2. The lowest BCUT2D eigenvalue weighted by Crippen LogP contribution is -2.43. The molecular formula is C18H24N2O4. The third-order valence-electron chi connectivity index (χ3n) is 4.40. The molecule has 1 saturated heterocycles. The van der Waals surface area contributed by atoms with E-state index in [-0.39, 0.29) is 24.4 Å². The normalized spacial score (nSPS) is 17.9. The second kappa shape index (κ2) is 8.47. The molecule has 1 aliphatic rings. The number of carbonyl (C=O) groups is 3. The van der Waals surface area contributed by atoms with Crippen LogP contribution in [-0.4, -0.2) is 58.4 Å². The van der Waals surface area contributed by atoms with Crippen molar-refractivity contribution in [3.63, 3.8) is 0 Å². The van der Waals surface area contributed by atoms with E-state index in [9.17, 15) is 14.4 Å². The summed E-state index contributed by atoms with van der Waals surface area (Å²) in [5, 5.41) is 8.98. The molecule has 0 bridgehead atoms. The average molecular weight is 332 g/mol. The third-order valence-corrected chi connectivity index (χ3v) is 4.40. The number of aliphatic carboxylic acids is 1. The standard InChI is InChI=1S/C18H24N2O4/c1-14(21)20(13-18(23)24)16-8-5-10-19(11-9-16)17(22)12-15-6-3-2-4-7-15/h2-4,6-7,16H,5,8-13H2,1H3,(H,23,24). The van der Waals surface area contributed by atoms with Gasteiger partial charge in [-0.1, -0.05) is 30.3 Å². The lowest BCUT2D eigenvalue weighted by Gasteiger charge is -2.28. The van der Waals surface area contributed by atoms with Crippen LogP contribution in [0.2, 0.25) is 0 Å². The highest BCUT2D eigenvalue weighted by atomic mass is 16.4. The maximum absolute atomic E-state index is 12.5. The Labute approximate surface area is 142 Å². The van der Waals surface area contributed by atoms with Crippen LogP contribution in [-0.2, 0) is 20.8 Å². The number of carboxylic acid groups (broad SMARTS) is 1. The van der Waals surface area contributed by atoms with Gasteiger partial charge < -0.3 is 14.9 Å². The molecule has 1 aliphatic heterocycles. The molecule has 24 heavy (non-hydrogen) atoms. The summed E-state index contributed by atoms with van der Waals surface area (Å²) < 4.78 is 0. The Kier molecular flexibility index (Phi) is 6.35. The number of hydrogen-bond acceptors (Lipinski definition) is 3. The van der Waals surface area contributed by atoms with Crippen LogP contribution in [0.1, 0.15) is 31.7 Å². The monoisotopic (exact) mass is 332 g/mol. The first-order chi connectivity index (χ1) is 11.5. The number of carboxylic acids is 1. The number of hydrogen-bond donors (Lipinski definition) is 1. The predicted molar refractivity (Wildman–Crippen MR) is 89.4 cm³/mol. The Balaban J connectivity index is 1.95. The Hall–Kier alpha value is -2.37. The molecule has 130 valence electrons. The molecule has 0 aliphatic carbocycles. The van der Waals surface area contributed by atoms with Gasteiger partial charge in [-0.25, -0.2) is 0 Å². The number of likely N-dealkylation sites (tertiary alicyclic amines) is 1. The van der Waals surface area contributed by atoms with Crippen LogP contribution in [0, 0.1) is 0 Å². The molecule has 1 aromatic carbocycles. The molecule has 6 heteroatoms. The molecule has 2 amide bonds. The largest absolute Gasteiger partial charge is 0.480 e. The van der Waals surface area contributed by atoms with Gasteiger partial charge in [0.2, 0.25) is 11.8 Å². The summed E-state index contributed by atoms with van der Waals surface area (Å²) in [6.45, 7) is 2.32. The van der Waals surface area contributed by atoms with E-state index in [1.807, 2.05) is 35.2 Å². The van der Waals surface area contributed by atoms with Crippen LogP contribution < -0.4 is 0 Å². The van der Waals surface area contributed by atoms with Crippen molar-refractivity contribution in [2.45, 2.75) is 38.6 Å². The Morgan fingerprint density at radius 3 is 2.50 bits per heavy atom. The zero-order chi connectivity index (χ0) is 17.5. The molecule has 1 aromatic rings. The smallest absolute Gasteiger partial charge is 0.323 e. The van der Waals surface area contributed by atoms with Crippen molar-refractivity contribution in [1.29, 1.82) is 0 Å². The minimum atomic E-state index is -1.01. The molecule has 1 fully saturated rings. The van der Waals surface area contributed by atoms with Crippen LogP contribution in [0.4, 0.5) is 0 Å². The van der Waals surface area contributed by atoms with Gasteiger partial charge in [-0.2, -0.15) is 0 Å². The van der Waals surface area contributed by atoms with Crippen molar-refractivity contribution in [1.82, 2.24) is 9.80 Å². The van der Waals surface area contributed by atoms with E-state index in [0.717, 1.165) is 18.4 Å². The second-order valence-electron chi connectivity index (χ2n) is 6.17. The van der Waals surface area contributed by atoms with Crippen LogP contribution >= 0.6 is 0 Å². The van der Waals surface area contributed by atoms with Gasteiger partial charge in [0, 0.05) is 26.1 Å². The second-order valence-corrected chi connectivity index (χ2v) is 6.17. The minimum Gasteiger partial charge on any atom is -0.480 e. The molecule has 2 rings (SSSR count). The lowest BCUT2D eigenvalue weighted by atomic mass is 10.1. The Bertz CT molecular complexity index is 588. The highest BCUT2D eigenvalue weighted by molar-refractivity contribution is 5.80. The molecule has 0 spiro atoms. The summed E-state index contributed by atoms with van der Waals surface area (Å²) in [5.41, 5.74) is 0.986. The summed E-state index contributed by atoms with van der Waals surface area (Å²) in [4.78, 5) is 38.4. The van der Waals surface area contributed by atoms with Crippen molar-refractivity contribution < 1.29 is 19.5 Å². The fourth-order valence-corrected chi connectivity index (χ4v) is 3.17. The van der Waals surface area contributed by atoms with E-state index < -0.39 is 5.97 Å². The summed E-state index contributed by atoms with van der Waals surface area (Å²) in [7, 11) is 0. The van der Waals surface area contributed by atoms with Gasteiger partial charge in [0.15, 0.2) is 0 Å². The highest BCUT2D eigenvalue weighted by Gasteiger charge is 2.27. The van der Waals surface area contributed by atoms with Gasteiger partial charge in [-0.3, -0.25) is 14.4 Å². The molecular weight excluding hydrogens is 308 g/mol. The van der Waals surface area contributed by atoms with E-state index in [4.69, 9.17) is 5.11 Å². The number of amides is 2. The van der Waals surface area contributed by atoms with Crippen LogP contribution in [0.25, 0.3) is 0 Å². The van der Waals surface area contributed by atoms with Gasteiger partial charge in [0.1, 0.15) is 6.54 Å². The van der Waals surface area contributed by atoms with E-state index in [2.05, 4.69) is 0 Å². The van der Waals surface area contributed by atoms with Crippen molar-refractivity contribution in [2.24, 2.45) is 0 Å². The van der Waals surface area contributed by atoms with E-state index in [1.165, 1.54) is 11.8 Å². The van der Waals surface area contributed by atoms with Gasteiger partial charge in [0.25, 0.3) is 0 Å². The summed E-state index contributed by atoms with van der Waals surface area (Å²) in [5.74, 6) is -1.16. The first-order valence-electron chi connectivity index (χ1n) is 8.28. The van der Waals surface area contributed by atoms with Crippen molar-refractivity contribution in [3.05, 3.63) is 35.9 Å². The maximum Gasteiger partial charge on any atom is 0.323 e. The molecule has 1 unspecified atom stereocenters. The minimum absolute atomic E-state index is 0.0782. The van der Waals surface area contributed by atoms with Crippen molar-refractivity contribution >= 4 is 17.8 Å². The number of rotatable bonds is 5. The SMILES string of the molecule is CC(=O)N(CC(=O)O)C1CCCN(C(=O)Cc2ccccc2)CC1. The Morgan fingerprint density at radius 2 is 1.88 bits per heavy atom. The number of benzene rings is 1. The molecule has 6 nitrogen and oxygen atoms in total. The molecule has 1 N–H and O–H groups in total. The van der Waals surface area contributed by atoms with Gasteiger partial charge >= 0.3 is 5.97 Å². The van der Waals surface area contributed by atoms with Crippen LogP contribution in [0.5, 0.6) is 0 Å². The first-order valence-corrected chi connectivity index (χ1v) is 8.28. The highest BCUT2D eigenvalue weighted by Crippen LogP contribution is 2.18. The molecule has 0 saturated carbocycles. The van der Waals surface area contributed by atoms with E-state index in [0.29, 0.717) is 25.9 Å². The molecule has 1 atom stereocenters. The number of nitrogens with zero attached hydrogens (tertiary/aromatic N) is 2.